The largest absolute Gasteiger partial charge is 0.467 e. The molecular weight excluding hydrogens is 400 g/mol. The molecule has 154 valence electrons. The number of carbonyl (C=O) groups is 1. The van der Waals surface area contributed by atoms with Crippen LogP contribution in [0.5, 0.6) is 0 Å². The zero-order valence-electron chi connectivity index (χ0n) is 17.1. The molecule has 1 N–H and O–H groups in total. The minimum atomic E-state index is -0.400. The SMILES string of the molecule is Cc1cc(C(=O)NC(c2ccc(Cl)cc2)c2nccn2C)c(C)n1Cc1ccco1. The summed E-state index contributed by atoms with van der Waals surface area (Å²) in [5.41, 5.74) is 3.42. The van der Waals surface area contributed by atoms with Crippen LogP contribution < -0.4 is 5.32 Å². The summed E-state index contributed by atoms with van der Waals surface area (Å²) in [4.78, 5) is 17.7. The van der Waals surface area contributed by atoms with Gasteiger partial charge in [0.15, 0.2) is 0 Å². The fourth-order valence-corrected chi connectivity index (χ4v) is 3.78. The number of imidazole rings is 1. The normalized spacial score (nSPS) is 12.1. The predicted octanol–water partition coefficient (Wildman–Crippen LogP) is 4.65. The zero-order chi connectivity index (χ0) is 21.3. The summed E-state index contributed by atoms with van der Waals surface area (Å²) in [5, 5.41) is 3.79. The minimum absolute atomic E-state index is 0.156. The lowest BCUT2D eigenvalue weighted by Gasteiger charge is -2.19. The van der Waals surface area contributed by atoms with Crippen LogP contribution in [0.4, 0.5) is 0 Å². The first-order valence-electron chi connectivity index (χ1n) is 9.66. The van der Waals surface area contributed by atoms with Crippen LogP contribution in [0.15, 0.2) is 65.5 Å². The fraction of sp³-hybridized carbons (Fsp3) is 0.217. The van der Waals surface area contributed by atoms with Crippen molar-refractivity contribution in [1.82, 2.24) is 19.4 Å². The van der Waals surface area contributed by atoms with Gasteiger partial charge in [0.1, 0.15) is 17.6 Å². The molecule has 3 aromatic heterocycles. The summed E-state index contributed by atoms with van der Waals surface area (Å²) in [6.45, 7) is 4.52. The van der Waals surface area contributed by atoms with E-state index in [-0.39, 0.29) is 5.91 Å². The molecule has 0 bridgehead atoms. The Morgan fingerprint density at radius 3 is 2.63 bits per heavy atom. The van der Waals surface area contributed by atoms with E-state index in [1.807, 2.05) is 74.1 Å². The number of carbonyl (C=O) groups excluding carboxylic acids is 1. The lowest BCUT2D eigenvalue weighted by Crippen LogP contribution is -2.31. The van der Waals surface area contributed by atoms with Gasteiger partial charge in [-0.05, 0) is 49.7 Å². The standard InChI is InChI=1S/C23H23ClN4O2/c1-15-13-20(16(2)28(15)14-19-5-4-12-30-19)23(29)26-21(22-25-10-11-27(22)3)17-6-8-18(24)9-7-17/h4-13,21H,14H2,1-3H3,(H,26,29). The van der Waals surface area contributed by atoms with Crippen molar-refractivity contribution in [3.8, 4) is 0 Å². The van der Waals surface area contributed by atoms with Crippen LogP contribution in [0.2, 0.25) is 5.02 Å². The van der Waals surface area contributed by atoms with Crippen molar-refractivity contribution in [1.29, 1.82) is 0 Å². The molecule has 4 rings (SSSR count). The molecule has 1 amide bonds. The number of hydrogen-bond acceptors (Lipinski definition) is 3. The van der Waals surface area contributed by atoms with Gasteiger partial charge in [-0.1, -0.05) is 23.7 Å². The van der Waals surface area contributed by atoms with Crippen molar-refractivity contribution in [2.24, 2.45) is 7.05 Å². The van der Waals surface area contributed by atoms with Gasteiger partial charge in [-0.2, -0.15) is 0 Å². The molecule has 0 saturated heterocycles. The molecule has 0 spiro atoms. The topological polar surface area (TPSA) is 65.0 Å². The maximum atomic E-state index is 13.3. The second-order valence-electron chi connectivity index (χ2n) is 7.30. The molecule has 30 heavy (non-hydrogen) atoms. The monoisotopic (exact) mass is 422 g/mol. The van der Waals surface area contributed by atoms with E-state index in [1.165, 1.54) is 0 Å². The maximum absolute atomic E-state index is 13.3. The molecule has 0 aliphatic carbocycles. The first kappa shape index (κ1) is 20.0. The van der Waals surface area contributed by atoms with Gasteiger partial charge < -0.3 is 18.9 Å². The summed E-state index contributed by atoms with van der Waals surface area (Å²) < 4.78 is 9.45. The van der Waals surface area contributed by atoms with Crippen molar-refractivity contribution < 1.29 is 9.21 Å². The maximum Gasteiger partial charge on any atom is 0.253 e. The van der Waals surface area contributed by atoms with Crippen molar-refractivity contribution in [2.45, 2.75) is 26.4 Å². The molecule has 0 saturated carbocycles. The van der Waals surface area contributed by atoms with E-state index in [0.717, 1.165) is 28.5 Å². The molecule has 4 aromatic rings. The predicted molar refractivity (Wildman–Crippen MR) is 116 cm³/mol. The van der Waals surface area contributed by atoms with E-state index in [9.17, 15) is 4.79 Å². The highest BCUT2D eigenvalue weighted by molar-refractivity contribution is 6.30. The van der Waals surface area contributed by atoms with Gasteiger partial charge in [0, 0.05) is 35.9 Å². The number of aromatic nitrogens is 3. The van der Waals surface area contributed by atoms with Gasteiger partial charge in [-0.3, -0.25) is 4.79 Å². The molecule has 6 nitrogen and oxygen atoms in total. The van der Waals surface area contributed by atoms with E-state index < -0.39 is 6.04 Å². The fourth-order valence-electron chi connectivity index (χ4n) is 3.65. The Balaban J connectivity index is 1.65. The van der Waals surface area contributed by atoms with Gasteiger partial charge >= 0.3 is 0 Å². The number of furan rings is 1. The Labute approximate surface area is 180 Å². The molecule has 0 fully saturated rings. The Kier molecular flexibility index (Phi) is 5.50. The van der Waals surface area contributed by atoms with Crippen LogP contribution in [0.3, 0.4) is 0 Å². The first-order chi connectivity index (χ1) is 14.4. The van der Waals surface area contributed by atoms with Crippen molar-refractivity contribution >= 4 is 17.5 Å². The Hall–Kier alpha value is -3.25. The van der Waals surface area contributed by atoms with E-state index in [1.54, 1.807) is 12.5 Å². The number of hydrogen-bond donors (Lipinski definition) is 1. The number of rotatable bonds is 6. The van der Waals surface area contributed by atoms with E-state index >= 15 is 0 Å². The van der Waals surface area contributed by atoms with Crippen LogP contribution in [0.1, 0.15) is 44.9 Å². The molecular formula is C23H23ClN4O2. The smallest absolute Gasteiger partial charge is 0.253 e. The van der Waals surface area contributed by atoms with Crippen molar-refractivity contribution in [3.05, 3.63) is 100 Å². The van der Waals surface area contributed by atoms with Crippen LogP contribution in [-0.2, 0) is 13.6 Å². The van der Waals surface area contributed by atoms with Gasteiger partial charge in [-0.15, -0.1) is 0 Å². The van der Waals surface area contributed by atoms with Gasteiger partial charge in [-0.25, -0.2) is 4.98 Å². The quantitative estimate of drug-likeness (QED) is 0.491. The van der Waals surface area contributed by atoms with Gasteiger partial charge in [0.2, 0.25) is 0 Å². The number of nitrogens with zero attached hydrogens (tertiary/aromatic N) is 3. The van der Waals surface area contributed by atoms with Crippen LogP contribution in [-0.4, -0.2) is 20.0 Å². The third-order valence-corrected chi connectivity index (χ3v) is 5.56. The molecule has 3 heterocycles. The molecule has 0 radical (unpaired) electrons. The van der Waals surface area contributed by atoms with Crippen LogP contribution >= 0.6 is 11.6 Å². The third-order valence-electron chi connectivity index (χ3n) is 5.31. The number of benzene rings is 1. The van der Waals surface area contributed by atoms with E-state index in [0.29, 0.717) is 17.1 Å². The molecule has 0 aliphatic heterocycles. The van der Waals surface area contributed by atoms with Crippen molar-refractivity contribution in [2.75, 3.05) is 0 Å². The van der Waals surface area contributed by atoms with Gasteiger partial charge in [0.05, 0.1) is 18.4 Å². The second-order valence-corrected chi connectivity index (χ2v) is 7.74. The molecule has 7 heteroatoms. The second kappa shape index (κ2) is 8.24. The van der Waals surface area contributed by atoms with Crippen molar-refractivity contribution in [3.63, 3.8) is 0 Å². The third kappa shape index (κ3) is 3.91. The minimum Gasteiger partial charge on any atom is -0.467 e. The summed E-state index contributed by atoms with van der Waals surface area (Å²) in [6, 6.07) is 12.7. The molecule has 0 aliphatic rings. The average Bonchev–Trinajstić information content (AvgIpc) is 3.45. The summed E-state index contributed by atoms with van der Waals surface area (Å²) in [5.74, 6) is 1.43. The zero-order valence-corrected chi connectivity index (χ0v) is 17.8. The Morgan fingerprint density at radius 1 is 1.23 bits per heavy atom. The first-order valence-corrected chi connectivity index (χ1v) is 10.0. The van der Waals surface area contributed by atoms with E-state index in [4.69, 9.17) is 16.0 Å². The summed E-state index contributed by atoms with van der Waals surface area (Å²) in [7, 11) is 1.91. The number of amides is 1. The van der Waals surface area contributed by atoms with E-state index in [2.05, 4.69) is 14.9 Å². The number of nitrogens with one attached hydrogen (secondary N) is 1. The highest BCUT2D eigenvalue weighted by Gasteiger charge is 2.24. The number of aryl methyl sites for hydroxylation is 2. The number of halogens is 1. The average molecular weight is 423 g/mol. The van der Waals surface area contributed by atoms with Crippen LogP contribution in [0, 0.1) is 13.8 Å². The molecule has 1 aromatic carbocycles. The highest BCUT2D eigenvalue weighted by atomic mass is 35.5. The Bertz CT molecular complexity index is 1160. The van der Waals surface area contributed by atoms with Gasteiger partial charge in [0.25, 0.3) is 5.91 Å². The molecule has 1 unspecified atom stereocenters. The highest BCUT2D eigenvalue weighted by Crippen LogP contribution is 2.24. The van der Waals surface area contributed by atoms with Crippen LogP contribution in [0.25, 0.3) is 0 Å². The summed E-state index contributed by atoms with van der Waals surface area (Å²) in [6.07, 6.45) is 5.24. The lowest BCUT2D eigenvalue weighted by molar-refractivity contribution is 0.0940. The summed E-state index contributed by atoms with van der Waals surface area (Å²) >= 11 is 6.05. The Morgan fingerprint density at radius 2 is 2.00 bits per heavy atom. The lowest BCUT2D eigenvalue weighted by atomic mass is 10.1. The molecule has 1 atom stereocenters.